The van der Waals surface area contributed by atoms with Gasteiger partial charge in [0.1, 0.15) is 0 Å². The van der Waals surface area contributed by atoms with E-state index < -0.39 is 0 Å². The van der Waals surface area contributed by atoms with Crippen LogP contribution in [0.25, 0.3) is 0 Å². The predicted octanol–water partition coefficient (Wildman–Crippen LogP) is 6.30. The molecule has 1 nitrogen and oxygen atoms in total. The number of hydrogen-bond donors (Lipinski definition) is 0. The Morgan fingerprint density at radius 2 is 1.28 bits per heavy atom. The predicted molar refractivity (Wildman–Crippen MR) is 106 cm³/mol. The first-order chi connectivity index (χ1) is 12.3. The Hall–Kier alpha value is -1.54. The fourth-order valence-corrected chi connectivity index (χ4v) is 5.21. The second-order valence-electron chi connectivity index (χ2n) is 7.94. The van der Waals surface area contributed by atoms with Crippen molar-refractivity contribution in [2.45, 2.75) is 69.1 Å². The Morgan fingerprint density at radius 1 is 0.720 bits per heavy atom. The minimum Gasteiger partial charge on any atom is -0.433 e. The topological polar surface area (TPSA) is 9.23 Å². The molecular formula is C23H29BO. The van der Waals surface area contributed by atoms with Gasteiger partial charge in [-0.3, -0.25) is 0 Å². The lowest BCUT2D eigenvalue weighted by atomic mass is 9.53. The molecule has 25 heavy (non-hydrogen) atoms. The molecular weight excluding hydrogens is 303 g/mol. The van der Waals surface area contributed by atoms with Gasteiger partial charge < -0.3 is 4.65 Å². The van der Waals surface area contributed by atoms with Crippen molar-refractivity contribution in [2.75, 3.05) is 0 Å². The molecule has 0 radical (unpaired) electrons. The molecule has 2 fully saturated rings. The summed E-state index contributed by atoms with van der Waals surface area (Å²) in [6.07, 6.45) is 8.14. The Labute approximate surface area is 152 Å². The van der Waals surface area contributed by atoms with Crippen molar-refractivity contribution in [1.82, 2.24) is 0 Å². The van der Waals surface area contributed by atoms with E-state index in [1.807, 2.05) is 0 Å². The minimum absolute atomic E-state index is 0.349. The van der Waals surface area contributed by atoms with Gasteiger partial charge in [-0.1, -0.05) is 86.7 Å². The summed E-state index contributed by atoms with van der Waals surface area (Å²) in [5.74, 6) is 1.92. The molecule has 0 saturated heterocycles. The molecule has 2 aliphatic carbocycles. The molecule has 0 aliphatic heterocycles. The second-order valence-corrected chi connectivity index (χ2v) is 7.94. The van der Waals surface area contributed by atoms with Crippen molar-refractivity contribution < 1.29 is 4.65 Å². The minimum atomic E-state index is 0.349. The summed E-state index contributed by atoms with van der Waals surface area (Å²) in [7, 11) is 0. The SMILES string of the molecule is CB(OC1CCCC1c1ccccc1)C1CCCC1c1ccccc1. The van der Waals surface area contributed by atoms with Crippen LogP contribution in [0.15, 0.2) is 60.7 Å². The summed E-state index contributed by atoms with van der Waals surface area (Å²) >= 11 is 0. The van der Waals surface area contributed by atoms with Crippen LogP contribution in [0, 0.1) is 0 Å². The maximum absolute atomic E-state index is 6.71. The fourth-order valence-electron chi connectivity index (χ4n) is 5.21. The van der Waals surface area contributed by atoms with Crippen LogP contribution in [0.1, 0.15) is 61.5 Å². The number of benzene rings is 2. The molecule has 2 aromatic carbocycles. The Bertz CT molecular complexity index is 656. The van der Waals surface area contributed by atoms with Crippen LogP contribution in [-0.2, 0) is 4.65 Å². The molecule has 130 valence electrons. The molecule has 0 aromatic heterocycles. The van der Waals surface area contributed by atoms with Crippen LogP contribution in [-0.4, -0.2) is 13.0 Å². The van der Waals surface area contributed by atoms with E-state index in [0.29, 0.717) is 30.7 Å². The average molecular weight is 332 g/mol. The van der Waals surface area contributed by atoms with Crippen molar-refractivity contribution >= 4 is 6.92 Å². The van der Waals surface area contributed by atoms with Gasteiger partial charge in [-0.15, -0.1) is 0 Å². The van der Waals surface area contributed by atoms with Crippen molar-refractivity contribution in [2.24, 2.45) is 0 Å². The first-order valence-corrected chi connectivity index (χ1v) is 10.1. The Kier molecular flexibility index (Phi) is 5.26. The highest BCUT2D eigenvalue weighted by molar-refractivity contribution is 6.52. The fraction of sp³-hybridized carbons (Fsp3) is 0.478. The van der Waals surface area contributed by atoms with Gasteiger partial charge in [-0.05, 0) is 42.1 Å². The highest BCUT2D eigenvalue weighted by Crippen LogP contribution is 2.47. The molecule has 4 atom stereocenters. The zero-order valence-electron chi connectivity index (χ0n) is 15.3. The molecule has 0 N–H and O–H groups in total. The number of rotatable bonds is 5. The van der Waals surface area contributed by atoms with Gasteiger partial charge in [0, 0.05) is 12.0 Å². The van der Waals surface area contributed by atoms with Gasteiger partial charge in [0.15, 0.2) is 0 Å². The van der Waals surface area contributed by atoms with Gasteiger partial charge in [0.2, 0.25) is 0 Å². The van der Waals surface area contributed by atoms with E-state index in [2.05, 4.69) is 67.5 Å². The molecule has 2 aliphatic rings. The molecule has 2 saturated carbocycles. The Balaban J connectivity index is 1.45. The lowest BCUT2D eigenvalue weighted by molar-refractivity contribution is 0.185. The van der Waals surface area contributed by atoms with E-state index in [4.69, 9.17) is 4.65 Å². The zero-order valence-corrected chi connectivity index (χ0v) is 15.3. The quantitative estimate of drug-likeness (QED) is 0.584. The van der Waals surface area contributed by atoms with Crippen LogP contribution < -0.4 is 0 Å². The third-order valence-electron chi connectivity index (χ3n) is 6.47. The van der Waals surface area contributed by atoms with Gasteiger partial charge in [-0.25, -0.2) is 0 Å². The maximum atomic E-state index is 6.71. The van der Waals surface area contributed by atoms with Gasteiger partial charge >= 0.3 is 0 Å². The molecule has 0 amide bonds. The summed E-state index contributed by atoms with van der Waals surface area (Å²) in [6.45, 7) is 2.67. The van der Waals surface area contributed by atoms with Crippen molar-refractivity contribution in [1.29, 1.82) is 0 Å². The third kappa shape index (κ3) is 3.69. The number of hydrogen-bond acceptors (Lipinski definition) is 1. The summed E-state index contributed by atoms with van der Waals surface area (Å²) < 4.78 is 6.71. The van der Waals surface area contributed by atoms with E-state index in [1.54, 1.807) is 0 Å². The Morgan fingerprint density at radius 3 is 1.96 bits per heavy atom. The summed E-state index contributed by atoms with van der Waals surface area (Å²) in [4.78, 5) is 0. The van der Waals surface area contributed by atoms with E-state index in [-0.39, 0.29) is 0 Å². The first-order valence-electron chi connectivity index (χ1n) is 10.1. The lowest BCUT2D eigenvalue weighted by Crippen LogP contribution is -2.30. The highest BCUT2D eigenvalue weighted by Gasteiger charge is 2.39. The average Bonchev–Trinajstić information content (AvgIpc) is 3.32. The maximum Gasteiger partial charge on any atom is 0.294 e. The largest absolute Gasteiger partial charge is 0.433 e. The highest BCUT2D eigenvalue weighted by atomic mass is 16.4. The molecule has 0 spiro atoms. The first kappa shape index (κ1) is 16.9. The zero-order chi connectivity index (χ0) is 17.1. The van der Waals surface area contributed by atoms with Crippen LogP contribution in [0.2, 0.25) is 12.6 Å². The normalized spacial score (nSPS) is 29.0. The van der Waals surface area contributed by atoms with Gasteiger partial charge in [0.05, 0.1) is 0 Å². The summed E-state index contributed by atoms with van der Waals surface area (Å²) in [5, 5.41) is 0. The van der Waals surface area contributed by atoms with E-state index in [0.717, 1.165) is 0 Å². The van der Waals surface area contributed by atoms with Crippen LogP contribution in [0.5, 0.6) is 0 Å². The summed E-state index contributed by atoms with van der Waals surface area (Å²) in [5.41, 5.74) is 2.97. The lowest BCUT2D eigenvalue weighted by Gasteiger charge is -2.29. The van der Waals surface area contributed by atoms with E-state index in [9.17, 15) is 0 Å². The van der Waals surface area contributed by atoms with Gasteiger partial charge in [-0.2, -0.15) is 0 Å². The standard InChI is InChI=1S/C23H29BO/c1-24(22-16-8-14-20(22)18-10-4-2-5-11-18)25-23-17-9-15-21(23)19-12-6-3-7-13-19/h2-7,10-13,20-23H,8-9,14-17H2,1H3. The van der Waals surface area contributed by atoms with Crippen LogP contribution in [0.3, 0.4) is 0 Å². The van der Waals surface area contributed by atoms with Gasteiger partial charge in [0.25, 0.3) is 6.92 Å². The van der Waals surface area contributed by atoms with E-state index in [1.165, 1.54) is 49.7 Å². The van der Waals surface area contributed by atoms with Crippen molar-refractivity contribution in [3.63, 3.8) is 0 Å². The van der Waals surface area contributed by atoms with Crippen molar-refractivity contribution in [3.8, 4) is 0 Å². The monoisotopic (exact) mass is 332 g/mol. The smallest absolute Gasteiger partial charge is 0.294 e. The molecule has 0 bridgehead atoms. The third-order valence-corrected chi connectivity index (χ3v) is 6.47. The molecule has 0 heterocycles. The summed E-state index contributed by atoms with van der Waals surface area (Å²) in [6, 6.07) is 22.1. The second kappa shape index (κ2) is 7.78. The van der Waals surface area contributed by atoms with Crippen LogP contribution in [0.4, 0.5) is 0 Å². The molecule has 4 rings (SSSR count). The molecule has 2 aromatic rings. The van der Waals surface area contributed by atoms with Crippen LogP contribution >= 0.6 is 0 Å². The molecule has 2 heteroatoms. The van der Waals surface area contributed by atoms with E-state index >= 15 is 0 Å². The molecule has 4 unspecified atom stereocenters. The van der Waals surface area contributed by atoms with Crippen molar-refractivity contribution in [3.05, 3.63) is 71.8 Å².